The number of hydrogen-bond donors (Lipinski definition) is 1. The van der Waals surface area contributed by atoms with Gasteiger partial charge >= 0.3 is 0 Å². The standard InChI is InChI=1S/C14H18N2O/c1-9-3-5-11(6-4-9)14-15-8-13(17)16(14)12-7-10(12)2/h3-6,10,12,14-15H,7-8H2,1-2H3. The van der Waals surface area contributed by atoms with Gasteiger partial charge in [-0.2, -0.15) is 0 Å². The fourth-order valence-electron chi connectivity index (χ4n) is 2.61. The molecule has 90 valence electrons. The average Bonchev–Trinajstić information content (AvgIpc) is 2.89. The molecule has 3 unspecified atom stereocenters. The summed E-state index contributed by atoms with van der Waals surface area (Å²) in [6.45, 7) is 4.77. The normalized spacial score (nSPS) is 32.0. The van der Waals surface area contributed by atoms with E-state index in [-0.39, 0.29) is 12.1 Å². The molecule has 3 rings (SSSR count). The smallest absolute Gasteiger partial charge is 0.238 e. The fraction of sp³-hybridized carbons (Fsp3) is 0.500. The lowest BCUT2D eigenvalue weighted by molar-refractivity contribution is -0.128. The van der Waals surface area contributed by atoms with Crippen LogP contribution in [0.15, 0.2) is 24.3 Å². The Labute approximate surface area is 102 Å². The summed E-state index contributed by atoms with van der Waals surface area (Å²) in [7, 11) is 0. The second kappa shape index (κ2) is 3.84. The zero-order valence-electron chi connectivity index (χ0n) is 10.3. The van der Waals surface area contributed by atoms with Crippen molar-refractivity contribution in [3.8, 4) is 0 Å². The van der Waals surface area contributed by atoms with Gasteiger partial charge < -0.3 is 4.90 Å². The maximum Gasteiger partial charge on any atom is 0.238 e. The minimum atomic E-state index is 0.0815. The third-order valence-electron chi connectivity index (χ3n) is 3.83. The van der Waals surface area contributed by atoms with E-state index >= 15 is 0 Å². The maximum absolute atomic E-state index is 11.9. The van der Waals surface area contributed by atoms with Gasteiger partial charge in [0.15, 0.2) is 0 Å². The summed E-state index contributed by atoms with van der Waals surface area (Å²) in [4.78, 5) is 14.0. The monoisotopic (exact) mass is 230 g/mol. The van der Waals surface area contributed by atoms with Crippen molar-refractivity contribution in [2.24, 2.45) is 5.92 Å². The van der Waals surface area contributed by atoms with E-state index in [2.05, 4.69) is 43.4 Å². The van der Waals surface area contributed by atoms with Gasteiger partial charge in [0.1, 0.15) is 6.17 Å². The topological polar surface area (TPSA) is 32.3 Å². The number of carbonyl (C=O) groups excluding carboxylic acids is 1. The zero-order chi connectivity index (χ0) is 12.0. The molecule has 3 heteroatoms. The van der Waals surface area contributed by atoms with Crippen molar-refractivity contribution >= 4 is 5.91 Å². The fourth-order valence-corrected chi connectivity index (χ4v) is 2.61. The Balaban J connectivity index is 1.86. The molecule has 17 heavy (non-hydrogen) atoms. The zero-order valence-corrected chi connectivity index (χ0v) is 10.3. The van der Waals surface area contributed by atoms with Gasteiger partial charge in [0.25, 0.3) is 0 Å². The highest BCUT2D eigenvalue weighted by Crippen LogP contribution is 2.40. The van der Waals surface area contributed by atoms with Crippen LogP contribution in [-0.2, 0) is 4.79 Å². The molecule has 1 aromatic rings. The van der Waals surface area contributed by atoms with Gasteiger partial charge in [0.2, 0.25) is 5.91 Å². The van der Waals surface area contributed by atoms with Gasteiger partial charge in [0, 0.05) is 6.04 Å². The first kappa shape index (κ1) is 10.8. The van der Waals surface area contributed by atoms with Crippen molar-refractivity contribution in [3.05, 3.63) is 35.4 Å². The molecule has 3 atom stereocenters. The summed E-state index contributed by atoms with van der Waals surface area (Å²) in [6, 6.07) is 8.89. The van der Waals surface area contributed by atoms with Crippen LogP contribution in [0.4, 0.5) is 0 Å². The Kier molecular flexibility index (Phi) is 2.44. The highest BCUT2D eigenvalue weighted by atomic mass is 16.2. The number of nitrogens with one attached hydrogen (secondary N) is 1. The van der Waals surface area contributed by atoms with Gasteiger partial charge in [-0.3, -0.25) is 10.1 Å². The molecule has 2 fully saturated rings. The average molecular weight is 230 g/mol. The predicted molar refractivity (Wildman–Crippen MR) is 66.3 cm³/mol. The Hall–Kier alpha value is -1.35. The molecular formula is C14H18N2O. The van der Waals surface area contributed by atoms with Crippen LogP contribution in [0.1, 0.15) is 30.6 Å². The highest BCUT2D eigenvalue weighted by molar-refractivity contribution is 5.81. The van der Waals surface area contributed by atoms with E-state index in [4.69, 9.17) is 0 Å². The van der Waals surface area contributed by atoms with Crippen LogP contribution in [0.25, 0.3) is 0 Å². The number of benzene rings is 1. The van der Waals surface area contributed by atoms with E-state index in [0.29, 0.717) is 18.5 Å². The van der Waals surface area contributed by atoms with Crippen molar-refractivity contribution in [1.29, 1.82) is 0 Å². The summed E-state index contributed by atoms with van der Waals surface area (Å²) in [5.41, 5.74) is 2.45. The Morgan fingerprint density at radius 2 is 1.94 bits per heavy atom. The Bertz CT molecular complexity index is 440. The number of aryl methyl sites for hydroxylation is 1. The van der Waals surface area contributed by atoms with Crippen molar-refractivity contribution in [2.75, 3.05) is 6.54 Å². The summed E-state index contributed by atoms with van der Waals surface area (Å²) in [5.74, 6) is 0.900. The molecule has 1 saturated carbocycles. The highest BCUT2D eigenvalue weighted by Gasteiger charge is 2.46. The summed E-state index contributed by atoms with van der Waals surface area (Å²) >= 11 is 0. The van der Waals surface area contributed by atoms with E-state index in [1.165, 1.54) is 11.1 Å². The molecule has 2 aliphatic rings. The molecule has 1 N–H and O–H groups in total. The van der Waals surface area contributed by atoms with Crippen molar-refractivity contribution in [2.45, 2.75) is 32.5 Å². The first-order chi connectivity index (χ1) is 8.16. The van der Waals surface area contributed by atoms with Crippen molar-refractivity contribution in [1.82, 2.24) is 10.2 Å². The maximum atomic E-state index is 11.9. The molecule has 1 aliphatic heterocycles. The first-order valence-electron chi connectivity index (χ1n) is 6.28. The van der Waals surface area contributed by atoms with Crippen LogP contribution in [0, 0.1) is 12.8 Å². The quantitative estimate of drug-likeness (QED) is 0.840. The first-order valence-corrected chi connectivity index (χ1v) is 6.28. The van der Waals surface area contributed by atoms with Gasteiger partial charge in [-0.05, 0) is 24.8 Å². The lowest BCUT2D eigenvalue weighted by Gasteiger charge is -2.25. The SMILES string of the molecule is Cc1ccc(C2NCC(=O)N2C2CC2C)cc1. The van der Waals surface area contributed by atoms with E-state index in [1.807, 2.05) is 4.90 Å². The molecule has 1 amide bonds. The lowest BCUT2D eigenvalue weighted by atomic mass is 10.1. The van der Waals surface area contributed by atoms with Crippen LogP contribution >= 0.6 is 0 Å². The molecule has 3 nitrogen and oxygen atoms in total. The molecule has 1 heterocycles. The third kappa shape index (κ3) is 1.84. The van der Waals surface area contributed by atoms with E-state index in [9.17, 15) is 4.79 Å². The van der Waals surface area contributed by atoms with Crippen molar-refractivity contribution in [3.63, 3.8) is 0 Å². The summed E-state index contributed by atoms with van der Waals surface area (Å²) < 4.78 is 0. The van der Waals surface area contributed by atoms with Crippen LogP contribution in [0.5, 0.6) is 0 Å². The Morgan fingerprint density at radius 3 is 2.53 bits per heavy atom. The molecule has 0 spiro atoms. The third-order valence-corrected chi connectivity index (χ3v) is 3.83. The molecule has 0 aromatic heterocycles. The molecular weight excluding hydrogens is 212 g/mol. The van der Waals surface area contributed by atoms with Crippen LogP contribution in [0.2, 0.25) is 0 Å². The predicted octanol–water partition coefficient (Wildman–Crippen LogP) is 1.83. The van der Waals surface area contributed by atoms with Crippen LogP contribution in [-0.4, -0.2) is 23.4 Å². The van der Waals surface area contributed by atoms with E-state index in [1.54, 1.807) is 0 Å². The molecule has 1 aliphatic carbocycles. The van der Waals surface area contributed by atoms with Crippen molar-refractivity contribution < 1.29 is 4.79 Å². The molecule has 1 aromatic carbocycles. The Morgan fingerprint density at radius 1 is 1.29 bits per heavy atom. The second-order valence-corrected chi connectivity index (χ2v) is 5.28. The van der Waals surface area contributed by atoms with E-state index in [0.717, 1.165) is 6.42 Å². The van der Waals surface area contributed by atoms with E-state index < -0.39 is 0 Å². The van der Waals surface area contributed by atoms with Gasteiger partial charge in [-0.15, -0.1) is 0 Å². The number of amides is 1. The summed E-state index contributed by atoms with van der Waals surface area (Å²) in [6.07, 6.45) is 1.23. The van der Waals surface area contributed by atoms with Crippen LogP contribution < -0.4 is 5.32 Å². The minimum absolute atomic E-state index is 0.0815. The number of hydrogen-bond acceptors (Lipinski definition) is 2. The van der Waals surface area contributed by atoms with Gasteiger partial charge in [-0.1, -0.05) is 36.8 Å². The second-order valence-electron chi connectivity index (χ2n) is 5.28. The number of rotatable bonds is 2. The summed E-state index contributed by atoms with van der Waals surface area (Å²) in [5, 5.41) is 3.31. The number of nitrogens with zero attached hydrogens (tertiary/aromatic N) is 1. The van der Waals surface area contributed by atoms with Crippen LogP contribution in [0.3, 0.4) is 0 Å². The van der Waals surface area contributed by atoms with Gasteiger partial charge in [-0.25, -0.2) is 0 Å². The molecule has 0 bridgehead atoms. The number of carbonyl (C=O) groups is 1. The largest absolute Gasteiger partial charge is 0.319 e. The van der Waals surface area contributed by atoms with Gasteiger partial charge in [0.05, 0.1) is 6.54 Å². The lowest BCUT2D eigenvalue weighted by Crippen LogP contribution is -2.33. The molecule has 1 saturated heterocycles. The minimum Gasteiger partial charge on any atom is -0.319 e. The molecule has 0 radical (unpaired) electrons.